The van der Waals surface area contributed by atoms with Crippen LogP contribution in [0.1, 0.15) is 114 Å². The van der Waals surface area contributed by atoms with Gasteiger partial charge in [-0.05, 0) is 70.5 Å². The van der Waals surface area contributed by atoms with E-state index < -0.39 is 12.1 Å². The van der Waals surface area contributed by atoms with Gasteiger partial charge in [-0.15, -0.1) is 11.3 Å². The van der Waals surface area contributed by atoms with Gasteiger partial charge in [0, 0.05) is 43.5 Å². The summed E-state index contributed by atoms with van der Waals surface area (Å²) in [6, 6.07) is 8.63. The number of carbonyl (C=O) groups is 4. The summed E-state index contributed by atoms with van der Waals surface area (Å²) < 4.78 is 6.22. The van der Waals surface area contributed by atoms with Crippen LogP contribution in [0, 0.1) is 17.8 Å². The maximum Gasteiger partial charge on any atom is 0.270 e. The normalized spacial score (nSPS) is 18.8. The monoisotopic (exact) mass is 711 g/mol. The van der Waals surface area contributed by atoms with Crippen molar-refractivity contribution in [3.05, 3.63) is 52.0 Å². The quantitative estimate of drug-likeness (QED) is 0.182. The van der Waals surface area contributed by atoms with Gasteiger partial charge in [-0.25, -0.2) is 4.98 Å². The molecule has 1 aromatic heterocycles. The van der Waals surface area contributed by atoms with E-state index in [4.69, 9.17) is 9.72 Å². The van der Waals surface area contributed by atoms with Crippen LogP contribution in [0.4, 0.5) is 0 Å². The third-order valence-electron chi connectivity index (χ3n) is 10.3. The summed E-state index contributed by atoms with van der Waals surface area (Å²) in [5, 5.41) is 8.70. The number of nitrogens with one attached hydrogen (secondary N) is 2. The molecule has 0 bridgehead atoms. The molecule has 1 saturated heterocycles. The minimum Gasteiger partial charge on any atom is -0.371 e. The van der Waals surface area contributed by atoms with Crippen LogP contribution >= 0.6 is 11.3 Å². The number of likely N-dealkylation sites (N-methyl/N-ethyl adjacent to an activating group) is 2. The number of thiazole rings is 1. The second-order valence-electron chi connectivity index (χ2n) is 14.5. The van der Waals surface area contributed by atoms with Crippen molar-refractivity contribution in [3.63, 3.8) is 0 Å². The average molecular weight is 712 g/mol. The maximum absolute atomic E-state index is 14.2. The molecule has 1 aliphatic rings. The number of benzene rings is 1. The van der Waals surface area contributed by atoms with Crippen LogP contribution in [-0.2, 0) is 25.5 Å². The second-order valence-corrected chi connectivity index (χ2v) is 15.4. The topological polar surface area (TPSA) is 121 Å². The molecule has 1 fully saturated rings. The Labute approximate surface area is 304 Å². The van der Waals surface area contributed by atoms with Gasteiger partial charge in [0.25, 0.3) is 5.91 Å². The van der Waals surface area contributed by atoms with Gasteiger partial charge < -0.3 is 20.3 Å². The Kier molecular flexibility index (Phi) is 16.5. The summed E-state index contributed by atoms with van der Waals surface area (Å²) in [6.07, 6.45) is 4.82. The fraction of sp³-hybridized carbons (Fsp3) is 0.667. The number of aromatic nitrogens is 1. The summed E-state index contributed by atoms with van der Waals surface area (Å²) >= 11 is 1.37. The number of carbonyl (C=O) groups excluding carboxylic acids is 4. The van der Waals surface area contributed by atoms with Gasteiger partial charge in [-0.2, -0.15) is 0 Å². The number of hydrogen-bond donors (Lipinski definition) is 2. The van der Waals surface area contributed by atoms with Crippen molar-refractivity contribution in [2.24, 2.45) is 17.8 Å². The number of hydrogen-bond acceptors (Lipinski definition) is 8. The first-order valence-electron chi connectivity index (χ1n) is 18.5. The molecule has 1 aliphatic heterocycles. The van der Waals surface area contributed by atoms with Gasteiger partial charge >= 0.3 is 0 Å². The van der Waals surface area contributed by atoms with Crippen molar-refractivity contribution >= 4 is 34.8 Å². The van der Waals surface area contributed by atoms with Gasteiger partial charge in [0.05, 0.1) is 6.04 Å². The molecule has 278 valence electrons. The Bertz CT molecular complexity index is 1380. The number of piperidine rings is 1. The molecule has 11 heteroatoms. The summed E-state index contributed by atoms with van der Waals surface area (Å²) in [5.41, 5.74) is 1.39. The molecule has 0 aliphatic carbocycles. The first-order chi connectivity index (χ1) is 23.8. The number of Topliss-reactive ketones (excluding diaryl/α,β-unsaturated/α-hetero) is 1. The van der Waals surface area contributed by atoms with Gasteiger partial charge in [0.2, 0.25) is 11.8 Å². The highest BCUT2D eigenvalue weighted by Gasteiger charge is 2.37. The lowest BCUT2D eigenvalue weighted by molar-refractivity contribution is -0.141. The molecule has 2 heterocycles. The van der Waals surface area contributed by atoms with Crippen molar-refractivity contribution in [2.75, 3.05) is 27.2 Å². The van der Waals surface area contributed by atoms with Crippen molar-refractivity contribution in [3.8, 4) is 0 Å². The minimum absolute atomic E-state index is 0.0394. The highest BCUT2D eigenvalue weighted by molar-refractivity contribution is 7.09. The van der Waals surface area contributed by atoms with E-state index in [0.717, 1.165) is 37.8 Å². The molecular formula is C39H61N5O5S. The van der Waals surface area contributed by atoms with Crippen LogP contribution in [-0.4, -0.2) is 89.7 Å². The molecule has 0 saturated carbocycles. The van der Waals surface area contributed by atoms with Gasteiger partial charge in [0.1, 0.15) is 28.6 Å². The average Bonchev–Trinajstić information content (AvgIpc) is 3.59. The fourth-order valence-electron chi connectivity index (χ4n) is 6.74. The van der Waals surface area contributed by atoms with Crippen molar-refractivity contribution in [1.82, 2.24) is 25.4 Å². The van der Waals surface area contributed by atoms with E-state index in [-0.39, 0.29) is 59.4 Å². The smallest absolute Gasteiger partial charge is 0.270 e. The van der Waals surface area contributed by atoms with Crippen LogP contribution in [0.25, 0.3) is 0 Å². The van der Waals surface area contributed by atoms with E-state index in [1.165, 1.54) is 11.3 Å². The maximum atomic E-state index is 14.2. The molecule has 0 unspecified atom stereocenters. The van der Waals surface area contributed by atoms with E-state index in [1.54, 1.807) is 17.2 Å². The molecule has 7 atom stereocenters. The Morgan fingerprint density at radius 2 is 1.74 bits per heavy atom. The number of rotatable bonds is 19. The lowest BCUT2D eigenvalue weighted by atomic mass is 9.92. The summed E-state index contributed by atoms with van der Waals surface area (Å²) in [4.78, 5) is 61.8. The Morgan fingerprint density at radius 1 is 1.04 bits per heavy atom. The lowest BCUT2D eigenvalue weighted by Crippen LogP contribution is -2.58. The van der Waals surface area contributed by atoms with Crippen LogP contribution in [0.3, 0.4) is 0 Å². The van der Waals surface area contributed by atoms with Gasteiger partial charge in [-0.3, -0.25) is 24.1 Å². The zero-order valence-corrected chi connectivity index (χ0v) is 32.6. The second kappa shape index (κ2) is 20.0. The van der Waals surface area contributed by atoms with E-state index >= 15 is 0 Å². The van der Waals surface area contributed by atoms with Crippen LogP contribution < -0.4 is 10.6 Å². The number of ether oxygens (including phenoxy) is 1. The Balaban J connectivity index is 1.77. The van der Waals surface area contributed by atoms with E-state index in [9.17, 15) is 19.2 Å². The molecule has 10 nitrogen and oxygen atoms in total. The van der Waals surface area contributed by atoms with Crippen molar-refractivity contribution in [1.29, 1.82) is 0 Å². The number of likely N-dealkylation sites (tertiary alicyclic amines) is 1. The third-order valence-corrected chi connectivity index (χ3v) is 11.2. The zero-order valence-electron chi connectivity index (χ0n) is 31.7. The molecule has 2 N–H and O–H groups in total. The first-order valence-corrected chi connectivity index (χ1v) is 19.3. The standard InChI is InChI=1S/C39H61N5O5S/c1-10-26(5)35(42-37(47)32-19-15-16-20-43(32)8)39(48)44(9)33(25(3)4)23-34(49-11-2)38-41-31(24-50-38)36(46)40-30(21-27(6)28(7)45)22-29-17-13-12-14-18-29/h12-14,17-18,24-27,30,32-35H,10-11,15-16,19-23H2,1-9H3,(H,40,46)(H,42,47)/t26-,27-,30+,32+,33+,34+,35-/m0/s1. The molecule has 3 rings (SSSR count). The largest absolute Gasteiger partial charge is 0.371 e. The predicted molar refractivity (Wildman–Crippen MR) is 200 cm³/mol. The molecule has 1 aromatic carbocycles. The first kappa shape index (κ1) is 41.3. The zero-order chi connectivity index (χ0) is 37.0. The van der Waals surface area contributed by atoms with E-state index in [2.05, 4.69) is 29.4 Å². The van der Waals surface area contributed by atoms with E-state index in [0.29, 0.717) is 36.6 Å². The molecule has 3 amide bonds. The Morgan fingerprint density at radius 3 is 2.34 bits per heavy atom. The van der Waals surface area contributed by atoms with Gasteiger partial charge in [-0.1, -0.05) is 77.8 Å². The number of ketones is 1. The highest BCUT2D eigenvalue weighted by Crippen LogP contribution is 2.31. The SMILES string of the molecule is CCO[C@H](C[C@H](C(C)C)N(C)C(=O)[C@@H](NC(=O)[C@H]1CCCCN1C)[C@@H](C)CC)c1nc(C(=O)N[C@@H](Cc2ccccc2)C[C@H](C)C(C)=O)cs1. The highest BCUT2D eigenvalue weighted by atomic mass is 32.1. The fourth-order valence-corrected chi connectivity index (χ4v) is 7.60. The van der Waals surface area contributed by atoms with E-state index in [1.807, 2.05) is 72.1 Å². The number of nitrogens with zero attached hydrogens (tertiary/aromatic N) is 3. The summed E-state index contributed by atoms with van der Waals surface area (Å²) in [7, 11) is 3.80. The van der Waals surface area contributed by atoms with Crippen LogP contribution in [0.15, 0.2) is 35.7 Å². The van der Waals surface area contributed by atoms with Crippen LogP contribution in [0.5, 0.6) is 0 Å². The predicted octanol–water partition coefficient (Wildman–Crippen LogP) is 6.07. The molecular weight excluding hydrogens is 651 g/mol. The Hall–Kier alpha value is -3.15. The molecule has 0 radical (unpaired) electrons. The number of amides is 3. The minimum atomic E-state index is -0.635. The lowest BCUT2D eigenvalue weighted by Gasteiger charge is -2.38. The molecule has 0 spiro atoms. The molecule has 50 heavy (non-hydrogen) atoms. The summed E-state index contributed by atoms with van der Waals surface area (Å²) in [5.74, 6) is -0.524. The van der Waals surface area contributed by atoms with Crippen molar-refractivity contribution in [2.45, 2.75) is 124 Å². The third kappa shape index (κ3) is 11.7. The van der Waals surface area contributed by atoms with Crippen molar-refractivity contribution < 1.29 is 23.9 Å². The van der Waals surface area contributed by atoms with Gasteiger partial charge in [0.15, 0.2) is 0 Å². The van der Waals surface area contributed by atoms with Crippen LogP contribution in [0.2, 0.25) is 0 Å². The molecule has 2 aromatic rings. The summed E-state index contributed by atoms with van der Waals surface area (Å²) in [6.45, 7) is 14.9.